The summed E-state index contributed by atoms with van der Waals surface area (Å²) in [6.45, 7) is 3.03. The molecule has 1 aromatic carbocycles. The molecule has 0 spiro atoms. The van der Waals surface area contributed by atoms with Crippen LogP contribution >= 0.6 is 23.2 Å². The number of ether oxygens (including phenoxy) is 1. The highest BCUT2D eigenvalue weighted by Crippen LogP contribution is 2.39. The van der Waals surface area contributed by atoms with E-state index in [4.69, 9.17) is 27.9 Å². The van der Waals surface area contributed by atoms with Gasteiger partial charge in [-0.3, -0.25) is 9.59 Å². The van der Waals surface area contributed by atoms with E-state index in [0.717, 1.165) is 0 Å². The van der Waals surface area contributed by atoms with Gasteiger partial charge in [-0.2, -0.15) is 0 Å². The quantitative estimate of drug-likeness (QED) is 0.632. The predicted octanol–water partition coefficient (Wildman–Crippen LogP) is 2.56. The van der Waals surface area contributed by atoms with Gasteiger partial charge in [-0.05, 0) is 19.1 Å². The zero-order valence-corrected chi connectivity index (χ0v) is 11.2. The van der Waals surface area contributed by atoms with Gasteiger partial charge >= 0.3 is 0 Å². The van der Waals surface area contributed by atoms with Gasteiger partial charge in [0.15, 0.2) is 0 Å². The molecule has 96 valence electrons. The summed E-state index contributed by atoms with van der Waals surface area (Å²) < 4.78 is 5.18. The lowest BCUT2D eigenvalue weighted by Crippen LogP contribution is -2.33. The Hall–Kier alpha value is -1.10. The van der Waals surface area contributed by atoms with Crippen LogP contribution in [0.15, 0.2) is 12.1 Å². The van der Waals surface area contributed by atoms with Crippen molar-refractivity contribution in [3.8, 4) is 0 Å². The first-order chi connectivity index (χ1) is 8.57. The number of hydrogen-bond donors (Lipinski definition) is 0. The Morgan fingerprint density at radius 1 is 1.22 bits per heavy atom. The molecule has 0 saturated carbocycles. The van der Waals surface area contributed by atoms with E-state index < -0.39 is 11.7 Å². The van der Waals surface area contributed by atoms with Gasteiger partial charge < -0.3 is 9.64 Å². The molecular formula is C12H11Cl2NO3. The molecule has 1 aromatic rings. The van der Waals surface area contributed by atoms with Crippen LogP contribution in [0.25, 0.3) is 0 Å². The molecule has 0 N–H and O–H groups in total. The maximum absolute atomic E-state index is 11.9. The lowest BCUT2D eigenvalue weighted by molar-refractivity contribution is -0.114. The van der Waals surface area contributed by atoms with Gasteiger partial charge in [0.05, 0.1) is 27.9 Å². The van der Waals surface area contributed by atoms with Crippen LogP contribution < -0.4 is 4.90 Å². The topological polar surface area (TPSA) is 46.6 Å². The lowest BCUT2D eigenvalue weighted by Gasteiger charge is -2.17. The van der Waals surface area contributed by atoms with Crippen LogP contribution in [0.4, 0.5) is 5.69 Å². The summed E-state index contributed by atoms with van der Waals surface area (Å²) in [4.78, 5) is 25.0. The van der Waals surface area contributed by atoms with Crippen molar-refractivity contribution < 1.29 is 14.3 Å². The number of hydrogen-bond acceptors (Lipinski definition) is 3. The minimum absolute atomic E-state index is 0.186. The zero-order chi connectivity index (χ0) is 13.3. The SMILES string of the molecule is CCOCCN1C(=O)C(=O)c2c(Cl)ccc(Cl)c21. The second-order valence-corrected chi connectivity index (χ2v) is 4.55. The van der Waals surface area contributed by atoms with E-state index in [9.17, 15) is 9.59 Å². The summed E-state index contributed by atoms with van der Waals surface area (Å²) in [6.07, 6.45) is 0. The van der Waals surface area contributed by atoms with E-state index in [1.807, 2.05) is 6.92 Å². The van der Waals surface area contributed by atoms with E-state index in [2.05, 4.69) is 0 Å². The normalized spacial score (nSPS) is 14.3. The summed E-state index contributed by atoms with van der Waals surface area (Å²) in [5.41, 5.74) is 0.574. The summed E-state index contributed by atoms with van der Waals surface area (Å²) in [7, 11) is 0. The average Bonchev–Trinajstić information content (AvgIpc) is 2.60. The third-order valence-corrected chi connectivity index (χ3v) is 3.30. The molecule has 4 nitrogen and oxygen atoms in total. The van der Waals surface area contributed by atoms with Crippen molar-refractivity contribution in [1.29, 1.82) is 0 Å². The van der Waals surface area contributed by atoms with Crippen LogP contribution in [-0.2, 0) is 9.53 Å². The predicted molar refractivity (Wildman–Crippen MR) is 69.6 cm³/mol. The summed E-state index contributed by atoms with van der Waals surface area (Å²) in [5.74, 6) is -1.23. The molecule has 0 saturated heterocycles. The molecule has 1 aliphatic heterocycles. The van der Waals surface area contributed by atoms with Crippen LogP contribution in [0.2, 0.25) is 10.0 Å². The van der Waals surface area contributed by atoms with E-state index >= 15 is 0 Å². The van der Waals surface area contributed by atoms with Crippen molar-refractivity contribution in [2.75, 3.05) is 24.7 Å². The summed E-state index contributed by atoms with van der Waals surface area (Å²) >= 11 is 12.0. The van der Waals surface area contributed by atoms with Crippen molar-refractivity contribution in [3.05, 3.63) is 27.7 Å². The van der Waals surface area contributed by atoms with E-state index in [0.29, 0.717) is 23.9 Å². The van der Waals surface area contributed by atoms with Crippen molar-refractivity contribution in [2.24, 2.45) is 0 Å². The van der Waals surface area contributed by atoms with Crippen molar-refractivity contribution in [3.63, 3.8) is 0 Å². The molecule has 1 aliphatic rings. The second-order valence-electron chi connectivity index (χ2n) is 3.74. The molecule has 0 atom stereocenters. The number of fused-ring (bicyclic) bond motifs is 1. The van der Waals surface area contributed by atoms with Crippen molar-refractivity contribution >= 4 is 40.6 Å². The van der Waals surface area contributed by atoms with Gasteiger partial charge in [-0.1, -0.05) is 23.2 Å². The molecule has 0 fully saturated rings. The van der Waals surface area contributed by atoms with Crippen LogP contribution in [-0.4, -0.2) is 31.4 Å². The van der Waals surface area contributed by atoms with Gasteiger partial charge in [-0.25, -0.2) is 0 Å². The maximum atomic E-state index is 11.9. The number of carbonyl (C=O) groups excluding carboxylic acids is 2. The van der Waals surface area contributed by atoms with Crippen LogP contribution in [0.1, 0.15) is 17.3 Å². The summed E-state index contributed by atoms with van der Waals surface area (Å²) in [6, 6.07) is 3.09. The van der Waals surface area contributed by atoms with Gasteiger partial charge in [0, 0.05) is 13.2 Å². The monoisotopic (exact) mass is 287 g/mol. The Bertz CT molecular complexity index is 516. The third-order valence-electron chi connectivity index (χ3n) is 2.68. The molecule has 0 aliphatic carbocycles. The average molecular weight is 288 g/mol. The van der Waals surface area contributed by atoms with Gasteiger partial charge in [-0.15, -0.1) is 0 Å². The van der Waals surface area contributed by atoms with Crippen LogP contribution in [0.5, 0.6) is 0 Å². The Morgan fingerprint density at radius 2 is 1.89 bits per heavy atom. The largest absolute Gasteiger partial charge is 0.380 e. The van der Waals surface area contributed by atoms with Crippen molar-refractivity contribution in [1.82, 2.24) is 0 Å². The molecule has 0 bridgehead atoms. The third kappa shape index (κ3) is 2.11. The minimum Gasteiger partial charge on any atom is -0.380 e. The Kier molecular flexibility index (Phi) is 3.90. The smallest absolute Gasteiger partial charge is 0.299 e. The molecule has 0 unspecified atom stereocenters. The van der Waals surface area contributed by atoms with Gasteiger partial charge in [0.1, 0.15) is 0 Å². The highest BCUT2D eigenvalue weighted by molar-refractivity contribution is 6.56. The molecule has 6 heteroatoms. The highest BCUT2D eigenvalue weighted by Gasteiger charge is 2.38. The van der Waals surface area contributed by atoms with E-state index in [-0.39, 0.29) is 17.1 Å². The first-order valence-electron chi connectivity index (χ1n) is 5.49. The van der Waals surface area contributed by atoms with Crippen LogP contribution in [0, 0.1) is 0 Å². The molecule has 2 rings (SSSR count). The molecule has 1 amide bonds. The highest BCUT2D eigenvalue weighted by atomic mass is 35.5. The number of halogens is 2. The molecule has 0 radical (unpaired) electrons. The maximum Gasteiger partial charge on any atom is 0.299 e. The number of amides is 1. The number of anilines is 1. The van der Waals surface area contributed by atoms with E-state index in [1.165, 1.54) is 11.0 Å². The number of carbonyl (C=O) groups is 2. The zero-order valence-electron chi connectivity index (χ0n) is 9.70. The second kappa shape index (κ2) is 5.26. The molecule has 18 heavy (non-hydrogen) atoms. The molecule has 0 aromatic heterocycles. The number of benzene rings is 1. The first-order valence-corrected chi connectivity index (χ1v) is 6.25. The van der Waals surface area contributed by atoms with E-state index in [1.54, 1.807) is 6.07 Å². The van der Waals surface area contributed by atoms with Gasteiger partial charge in [0.25, 0.3) is 11.7 Å². The first kappa shape index (κ1) is 13.3. The summed E-state index contributed by atoms with van der Waals surface area (Å²) in [5, 5.41) is 0.580. The fourth-order valence-electron chi connectivity index (χ4n) is 1.87. The number of Topliss-reactive ketones (excluding diaryl/α,β-unsaturated/α-hetero) is 1. The minimum atomic E-state index is -0.617. The Morgan fingerprint density at radius 3 is 2.56 bits per heavy atom. The molecular weight excluding hydrogens is 277 g/mol. The van der Waals surface area contributed by atoms with Crippen molar-refractivity contribution in [2.45, 2.75) is 6.92 Å². The number of nitrogens with zero attached hydrogens (tertiary/aromatic N) is 1. The lowest BCUT2D eigenvalue weighted by atomic mass is 10.1. The number of rotatable bonds is 4. The fraction of sp³-hybridized carbons (Fsp3) is 0.333. The Balaban J connectivity index is 2.39. The number of ketones is 1. The Labute approximate surface area is 114 Å². The van der Waals surface area contributed by atoms with Crippen LogP contribution in [0.3, 0.4) is 0 Å². The molecule has 1 heterocycles. The fourth-order valence-corrected chi connectivity index (χ4v) is 2.36. The standard InChI is InChI=1S/C12H11Cl2NO3/c1-2-18-6-5-15-10-8(14)4-3-7(13)9(10)11(16)12(15)17/h3-4H,2,5-6H2,1H3. The van der Waals surface area contributed by atoms with Gasteiger partial charge in [0.2, 0.25) is 0 Å².